The Morgan fingerprint density at radius 1 is 1.00 bits per heavy atom. The third kappa shape index (κ3) is 3.46. The molecule has 0 aliphatic rings. The van der Waals surface area contributed by atoms with E-state index in [2.05, 4.69) is 87.5 Å². The van der Waals surface area contributed by atoms with E-state index in [4.69, 9.17) is 9.72 Å². The first kappa shape index (κ1) is 20.1. The van der Waals surface area contributed by atoms with Gasteiger partial charge in [-0.1, -0.05) is 61.5 Å². The van der Waals surface area contributed by atoms with Gasteiger partial charge in [-0.3, -0.25) is 0 Å². The van der Waals surface area contributed by atoms with E-state index in [1.807, 2.05) is 18.2 Å². The van der Waals surface area contributed by atoms with Crippen molar-refractivity contribution < 1.29 is 4.74 Å². The fourth-order valence-corrected chi connectivity index (χ4v) is 4.12. The van der Waals surface area contributed by atoms with Gasteiger partial charge in [-0.25, -0.2) is 4.98 Å². The van der Waals surface area contributed by atoms with Gasteiger partial charge in [0, 0.05) is 18.9 Å². The van der Waals surface area contributed by atoms with Gasteiger partial charge >= 0.3 is 0 Å². The van der Waals surface area contributed by atoms with E-state index in [0.717, 1.165) is 51.3 Å². The Hall–Kier alpha value is -3.84. The van der Waals surface area contributed by atoms with Gasteiger partial charge in [0.25, 0.3) is 0 Å². The molecule has 7 heteroatoms. The van der Waals surface area contributed by atoms with Crippen molar-refractivity contribution in [3.8, 4) is 22.5 Å². The first-order valence-corrected chi connectivity index (χ1v) is 10.6. The summed E-state index contributed by atoms with van der Waals surface area (Å²) in [7, 11) is 1.74. The van der Waals surface area contributed by atoms with E-state index in [9.17, 15) is 0 Å². The molecule has 160 valence electrons. The molecular formula is C25H24N6O. The van der Waals surface area contributed by atoms with Crippen LogP contribution in [0.3, 0.4) is 0 Å². The molecule has 0 saturated heterocycles. The number of aryl methyl sites for hydroxylation is 2. The number of fused-ring (bicyclic) bond motifs is 1. The summed E-state index contributed by atoms with van der Waals surface area (Å²) in [5.41, 5.74) is 8.39. The monoisotopic (exact) mass is 424 g/mol. The van der Waals surface area contributed by atoms with Crippen molar-refractivity contribution in [3.05, 3.63) is 89.4 Å². The summed E-state index contributed by atoms with van der Waals surface area (Å²) < 4.78 is 8.12. The summed E-state index contributed by atoms with van der Waals surface area (Å²) >= 11 is 0. The molecule has 0 bridgehead atoms. The molecule has 5 rings (SSSR count). The minimum atomic E-state index is -0.210. The Balaban J connectivity index is 1.54. The lowest BCUT2D eigenvalue weighted by molar-refractivity contribution is 0.132. The Bertz CT molecular complexity index is 1360. The fourth-order valence-electron chi connectivity index (χ4n) is 4.12. The molecule has 0 aliphatic heterocycles. The number of imidazole rings is 1. The molecule has 1 atom stereocenters. The number of H-pyrrole nitrogens is 1. The van der Waals surface area contributed by atoms with Crippen LogP contribution in [-0.4, -0.2) is 37.1 Å². The number of rotatable bonds is 6. The highest BCUT2D eigenvalue weighted by atomic mass is 16.5. The predicted octanol–water partition coefficient (Wildman–Crippen LogP) is 4.79. The van der Waals surface area contributed by atoms with E-state index >= 15 is 0 Å². The van der Waals surface area contributed by atoms with Crippen molar-refractivity contribution in [1.29, 1.82) is 0 Å². The van der Waals surface area contributed by atoms with E-state index in [1.54, 1.807) is 7.11 Å². The maximum absolute atomic E-state index is 5.96. The number of ether oxygens (including phenoxy) is 1. The molecule has 2 aromatic carbocycles. The highest BCUT2D eigenvalue weighted by Gasteiger charge is 2.19. The zero-order valence-electron chi connectivity index (χ0n) is 18.3. The van der Waals surface area contributed by atoms with Crippen LogP contribution < -0.4 is 0 Å². The van der Waals surface area contributed by atoms with Gasteiger partial charge in [0.05, 0.1) is 11.4 Å². The third-order valence-electron chi connectivity index (χ3n) is 5.80. The number of hydrogen-bond acceptors (Lipinski definition) is 5. The van der Waals surface area contributed by atoms with Gasteiger partial charge < -0.3 is 9.14 Å². The summed E-state index contributed by atoms with van der Waals surface area (Å²) in [6.07, 6.45) is 2.80. The lowest BCUT2D eigenvalue weighted by Gasteiger charge is -2.19. The lowest BCUT2D eigenvalue weighted by atomic mass is 9.96. The summed E-state index contributed by atoms with van der Waals surface area (Å²) in [6, 6.07) is 20.7. The molecule has 5 aromatic rings. The fraction of sp³-hybridized carbons (Fsp3) is 0.200. The molecule has 0 saturated carbocycles. The topological polar surface area (TPSA) is 81.0 Å². The van der Waals surface area contributed by atoms with Gasteiger partial charge in [-0.05, 0) is 46.9 Å². The van der Waals surface area contributed by atoms with Crippen molar-refractivity contribution in [2.45, 2.75) is 26.4 Å². The average molecular weight is 425 g/mol. The first-order valence-electron chi connectivity index (χ1n) is 10.6. The van der Waals surface area contributed by atoms with Crippen LogP contribution in [0.2, 0.25) is 0 Å². The van der Waals surface area contributed by atoms with Crippen LogP contribution >= 0.6 is 0 Å². The third-order valence-corrected chi connectivity index (χ3v) is 5.80. The molecule has 0 aliphatic carbocycles. The second-order valence-electron chi connectivity index (χ2n) is 7.74. The number of nitrogens with zero attached hydrogens (tertiary/aromatic N) is 5. The van der Waals surface area contributed by atoms with Crippen molar-refractivity contribution >= 4 is 5.65 Å². The number of hydrogen-bond donors (Lipinski definition) is 1. The van der Waals surface area contributed by atoms with Crippen LogP contribution in [0.4, 0.5) is 0 Å². The Morgan fingerprint density at radius 2 is 1.78 bits per heavy atom. The number of aromatic amines is 1. The lowest BCUT2D eigenvalue weighted by Crippen LogP contribution is -2.09. The second kappa shape index (κ2) is 8.36. The molecule has 0 radical (unpaired) electrons. The molecule has 7 nitrogen and oxygen atoms in total. The highest BCUT2D eigenvalue weighted by Crippen LogP contribution is 2.33. The van der Waals surface area contributed by atoms with Crippen molar-refractivity contribution in [2.75, 3.05) is 7.11 Å². The molecule has 32 heavy (non-hydrogen) atoms. The largest absolute Gasteiger partial charge is 0.370 e. The average Bonchev–Trinajstić information content (AvgIpc) is 3.52. The predicted molar refractivity (Wildman–Crippen MR) is 123 cm³/mol. The van der Waals surface area contributed by atoms with Crippen molar-refractivity contribution in [2.24, 2.45) is 0 Å². The van der Waals surface area contributed by atoms with E-state index in [-0.39, 0.29) is 6.10 Å². The van der Waals surface area contributed by atoms with Gasteiger partial charge in [0.15, 0.2) is 0 Å². The molecule has 3 aromatic heterocycles. The maximum Gasteiger partial charge on any atom is 0.205 e. The zero-order valence-corrected chi connectivity index (χ0v) is 18.3. The summed E-state index contributed by atoms with van der Waals surface area (Å²) in [5, 5.41) is 14.5. The summed E-state index contributed by atoms with van der Waals surface area (Å²) in [5.74, 6) is 0.577. The summed E-state index contributed by atoms with van der Waals surface area (Å²) in [4.78, 5) is 4.78. The summed E-state index contributed by atoms with van der Waals surface area (Å²) in [6.45, 7) is 4.21. The number of aromatic nitrogens is 6. The number of methoxy groups -OCH3 is 1. The minimum absolute atomic E-state index is 0.210. The molecular weight excluding hydrogens is 400 g/mol. The number of pyridine rings is 1. The van der Waals surface area contributed by atoms with Crippen molar-refractivity contribution in [3.63, 3.8) is 0 Å². The Kier molecular flexibility index (Phi) is 5.25. The number of nitrogens with one attached hydrogen (secondary N) is 1. The van der Waals surface area contributed by atoms with Crippen LogP contribution in [-0.2, 0) is 11.2 Å². The van der Waals surface area contributed by atoms with Crippen molar-refractivity contribution in [1.82, 2.24) is 30.0 Å². The van der Waals surface area contributed by atoms with E-state index < -0.39 is 0 Å². The van der Waals surface area contributed by atoms with Gasteiger partial charge in [0.2, 0.25) is 5.82 Å². The molecule has 0 amide bonds. The van der Waals surface area contributed by atoms with Gasteiger partial charge in [-0.2, -0.15) is 5.21 Å². The first-order chi connectivity index (χ1) is 15.7. The quantitative estimate of drug-likeness (QED) is 0.424. The van der Waals surface area contributed by atoms with E-state index in [1.165, 1.54) is 0 Å². The standard InChI is InChI=1S/C25H24N6O/c1-4-19-15-31-22(14-9-16(2)25(31)26-19)23(32-3)18-12-10-17(11-13-18)20-7-5-6-8-21(20)24-27-29-30-28-24/h5-15,23H,4H2,1-3H3,(H,27,28,29,30). The second-order valence-corrected chi connectivity index (χ2v) is 7.74. The molecule has 1 unspecified atom stereocenters. The van der Waals surface area contributed by atoms with Crippen LogP contribution in [0.25, 0.3) is 28.2 Å². The molecule has 0 spiro atoms. The van der Waals surface area contributed by atoms with Gasteiger partial charge in [0.1, 0.15) is 11.8 Å². The maximum atomic E-state index is 5.96. The van der Waals surface area contributed by atoms with Crippen LogP contribution in [0.5, 0.6) is 0 Å². The smallest absolute Gasteiger partial charge is 0.205 e. The zero-order chi connectivity index (χ0) is 22.1. The van der Waals surface area contributed by atoms with E-state index in [0.29, 0.717) is 5.82 Å². The Morgan fingerprint density at radius 3 is 2.47 bits per heavy atom. The van der Waals surface area contributed by atoms with Crippen LogP contribution in [0.1, 0.15) is 35.5 Å². The minimum Gasteiger partial charge on any atom is -0.370 e. The normalized spacial score (nSPS) is 12.3. The SMILES string of the molecule is CCc1cn2c(C(OC)c3ccc(-c4ccccc4-c4nn[nH]n4)cc3)ccc(C)c2n1. The molecule has 1 N–H and O–H groups in total. The van der Waals surface area contributed by atoms with Crippen LogP contribution in [0.15, 0.2) is 66.9 Å². The van der Waals surface area contributed by atoms with Gasteiger partial charge in [-0.15, -0.1) is 10.2 Å². The number of tetrazole rings is 1. The molecule has 0 fully saturated rings. The van der Waals surface area contributed by atoms with Crippen LogP contribution in [0, 0.1) is 6.92 Å². The highest BCUT2D eigenvalue weighted by molar-refractivity contribution is 5.80. The molecule has 3 heterocycles. The number of benzene rings is 2. The Labute approximate surface area is 186 Å².